The normalized spacial score (nSPS) is 34.5. The van der Waals surface area contributed by atoms with Crippen molar-refractivity contribution in [3.8, 4) is 0 Å². The highest BCUT2D eigenvalue weighted by Gasteiger charge is 2.51. The van der Waals surface area contributed by atoms with E-state index < -0.39 is 0 Å². The fourth-order valence-electron chi connectivity index (χ4n) is 3.66. The lowest BCUT2D eigenvalue weighted by Crippen LogP contribution is -2.42. The van der Waals surface area contributed by atoms with Gasteiger partial charge in [0, 0.05) is 30.6 Å². The molecule has 1 aliphatic carbocycles. The number of carbonyl (C=O) groups is 1. The Morgan fingerprint density at radius 2 is 2.06 bits per heavy atom. The van der Waals surface area contributed by atoms with Crippen LogP contribution < -0.4 is 5.32 Å². The number of fused-ring (bicyclic) bond motifs is 2. The van der Waals surface area contributed by atoms with Crippen LogP contribution in [0.5, 0.6) is 0 Å². The summed E-state index contributed by atoms with van der Waals surface area (Å²) >= 11 is 0. The Kier molecular flexibility index (Phi) is 2.89. The van der Waals surface area contributed by atoms with E-state index in [9.17, 15) is 4.79 Å². The second kappa shape index (κ2) is 4.27. The summed E-state index contributed by atoms with van der Waals surface area (Å²) in [7, 11) is 0. The molecule has 2 saturated heterocycles. The molecule has 3 nitrogen and oxygen atoms in total. The highest BCUT2D eigenvalue weighted by Crippen LogP contribution is 2.51. The minimum Gasteiger partial charge on any atom is -0.341 e. The summed E-state index contributed by atoms with van der Waals surface area (Å²) < 4.78 is 0. The molecule has 3 heteroatoms. The zero-order chi connectivity index (χ0) is 11.9. The van der Waals surface area contributed by atoms with Crippen LogP contribution in [0.25, 0.3) is 0 Å². The average molecular weight is 236 g/mol. The Hall–Kier alpha value is -0.570. The van der Waals surface area contributed by atoms with Crippen molar-refractivity contribution in [3.05, 3.63) is 0 Å². The van der Waals surface area contributed by atoms with E-state index in [0.29, 0.717) is 18.0 Å². The van der Waals surface area contributed by atoms with E-state index in [2.05, 4.69) is 17.1 Å². The summed E-state index contributed by atoms with van der Waals surface area (Å²) in [6.07, 6.45) is 8.25. The van der Waals surface area contributed by atoms with E-state index in [1.807, 2.05) is 0 Å². The predicted octanol–water partition coefficient (Wildman–Crippen LogP) is 1.92. The fraction of sp³-hybridized carbons (Fsp3) is 0.929. The largest absolute Gasteiger partial charge is 0.341 e. The Morgan fingerprint density at radius 1 is 1.29 bits per heavy atom. The predicted molar refractivity (Wildman–Crippen MR) is 67.7 cm³/mol. The molecule has 17 heavy (non-hydrogen) atoms. The maximum Gasteiger partial charge on any atom is 0.228 e. The van der Waals surface area contributed by atoms with E-state index in [1.165, 1.54) is 12.8 Å². The van der Waals surface area contributed by atoms with Crippen LogP contribution in [-0.2, 0) is 4.79 Å². The molecule has 3 fully saturated rings. The molecule has 1 saturated carbocycles. The maximum atomic E-state index is 12.6. The van der Waals surface area contributed by atoms with Gasteiger partial charge in [-0.3, -0.25) is 4.79 Å². The second-order valence-corrected chi connectivity index (χ2v) is 6.21. The highest BCUT2D eigenvalue weighted by atomic mass is 16.2. The van der Waals surface area contributed by atoms with Gasteiger partial charge in [0.05, 0.1) is 0 Å². The summed E-state index contributed by atoms with van der Waals surface area (Å²) in [4.78, 5) is 14.8. The van der Waals surface area contributed by atoms with E-state index in [0.717, 1.165) is 45.2 Å². The van der Waals surface area contributed by atoms with E-state index in [4.69, 9.17) is 0 Å². The first-order chi connectivity index (χ1) is 8.23. The number of carbonyl (C=O) groups excluding carboxylic acids is 1. The lowest BCUT2D eigenvalue weighted by Gasteiger charge is -2.28. The molecular weight excluding hydrogens is 212 g/mol. The second-order valence-electron chi connectivity index (χ2n) is 6.21. The van der Waals surface area contributed by atoms with Gasteiger partial charge >= 0.3 is 0 Å². The first-order valence-electron chi connectivity index (χ1n) is 7.29. The average Bonchev–Trinajstić information content (AvgIpc) is 2.99. The fourth-order valence-corrected chi connectivity index (χ4v) is 3.66. The van der Waals surface area contributed by atoms with Crippen molar-refractivity contribution in [2.45, 2.75) is 64.0 Å². The van der Waals surface area contributed by atoms with E-state index in [1.54, 1.807) is 0 Å². The number of hydrogen-bond donors (Lipinski definition) is 1. The molecule has 0 radical (unpaired) electrons. The van der Waals surface area contributed by atoms with Gasteiger partial charge in [0.15, 0.2) is 0 Å². The van der Waals surface area contributed by atoms with Gasteiger partial charge in [-0.1, -0.05) is 13.3 Å². The lowest BCUT2D eigenvalue weighted by atomic mass is 9.97. The molecule has 1 amide bonds. The van der Waals surface area contributed by atoms with Gasteiger partial charge < -0.3 is 10.2 Å². The van der Waals surface area contributed by atoms with Gasteiger partial charge in [0.25, 0.3) is 0 Å². The molecule has 3 rings (SSSR count). The molecule has 2 unspecified atom stereocenters. The lowest BCUT2D eigenvalue weighted by molar-refractivity contribution is -0.137. The first kappa shape index (κ1) is 11.5. The highest BCUT2D eigenvalue weighted by molar-refractivity contribution is 5.85. The van der Waals surface area contributed by atoms with Crippen molar-refractivity contribution in [3.63, 3.8) is 0 Å². The summed E-state index contributed by atoms with van der Waals surface area (Å²) in [6.45, 7) is 4.14. The molecule has 0 spiro atoms. The zero-order valence-electron chi connectivity index (χ0n) is 10.9. The Labute approximate surface area is 104 Å². The van der Waals surface area contributed by atoms with Crippen LogP contribution in [0.1, 0.15) is 51.9 Å². The molecule has 0 aromatic heterocycles. The molecule has 0 aromatic rings. The van der Waals surface area contributed by atoms with Gasteiger partial charge in [0.1, 0.15) is 0 Å². The monoisotopic (exact) mass is 236 g/mol. The smallest absolute Gasteiger partial charge is 0.228 e. The number of rotatable bonds is 3. The molecule has 2 aliphatic heterocycles. The van der Waals surface area contributed by atoms with Crippen LogP contribution in [0.4, 0.5) is 0 Å². The topological polar surface area (TPSA) is 32.3 Å². The first-order valence-corrected chi connectivity index (χ1v) is 7.29. The van der Waals surface area contributed by atoms with Gasteiger partial charge in [-0.15, -0.1) is 0 Å². The Balaban J connectivity index is 1.66. The third-order valence-corrected chi connectivity index (χ3v) is 4.85. The quantitative estimate of drug-likeness (QED) is 0.812. The van der Waals surface area contributed by atoms with E-state index in [-0.39, 0.29) is 5.41 Å². The van der Waals surface area contributed by atoms with Crippen LogP contribution in [0.2, 0.25) is 0 Å². The van der Waals surface area contributed by atoms with Gasteiger partial charge in [-0.25, -0.2) is 0 Å². The van der Waals surface area contributed by atoms with Crippen molar-refractivity contribution < 1.29 is 4.79 Å². The minimum absolute atomic E-state index is 0.0678. The third-order valence-electron chi connectivity index (χ3n) is 4.85. The molecule has 96 valence electrons. The van der Waals surface area contributed by atoms with E-state index >= 15 is 0 Å². The SMILES string of the molecule is CCCC1(C(=O)N2CCC3CCC(C2)N3)CC1. The number of hydrogen-bond acceptors (Lipinski definition) is 2. The molecular formula is C14H24N2O. The van der Waals surface area contributed by atoms with Crippen LogP contribution in [0, 0.1) is 5.41 Å². The molecule has 0 aromatic carbocycles. The number of amides is 1. The minimum atomic E-state index is 0.0678. The Morgan fingerprint density at radius 3 is 2.76 bits per heavy atom. The number of likely N-dealkylation sites (tertiary alicyclic amines) is 1. The van der Waals surface area contributed by atoms with Crippen molar-refractivity contribution in [1.29, 1.82) is 0 Å². The number of nitrogens with one attached hydrogen (secondary N) is 1. The standard InChI is InChI=1S/C14H24N2O/c1-2-6-14(7-8-14)13(17)16-9-5-11-3-4-12(10-16)15-11/h11-12,15H,2-10H2,1H3. The summed E-state index contributed by atoms with van der Waals surface area (Å²) in [5.41, 5.74) is 0.0678. The van der Waals surface area contributed by atoms with Crippen LogP contribution in [0.3, 0.4) is 0 Å². The summed E-state index contributed by atoms with van der Waals surface area (Å²) in [5.74, 6) is 0.466. The van der Waals surface area contributed by atoms with Gasteiger partial charge in [0.2, 0.25) is 5.91 Å². The van der Waals surface area contributed by atoms with Crippen LogP contribution in [-0.4, -0.2) is 36.0 Å². The zero-order valence-corrected chi connectivity index (χ0v) is 10.9. The summed E-state index contributed by atoms with van der Waals surface area (Å²) in [5, 5.41) is 3.65. The molecule has 2 atom stereocenters. The van der Waals surface area contributed by atoms with Crippen LogP contribution in [0.15, 0.2) is 0 Å². The summed E-state index contributed by atoms with van der Waals surface area (Å²) in [6, 6.07) is 1.25. The van der Waals surface area contributed by atoms with Crippen LogP contribution >= 0.6 is 0 Å². The molecule has 3 aliphatic rings. The Bertz CT molecular complexity index is 311. The van der Waals surface area contributed by atoms with Gasteiger partial charge in [-0.05, 0) is 38.5 Å². The third kappa shape index (κ3) is 2.10. The van der Waals surface area contributed by atoms with Gasteiger partial charge in [-0.2, -0.15) is 0 Å². The molecule has 2 heterocycles. The van der Waals surface area contributed by atoms with Crippen molar-refractivity contribution in [2.75, 3.05) is 13.1 Å². The van der Waals surface area contributed by atoms with Crippen molar-refractivity contribution in [1.82, 2.24) is 10.2 Å². The maximum absolute atomic E-state index is 12.6. The van der Waals surface area contributed by atoms with Crippen molar-refractivity contribution in [2.24, 2.45) is 5.41 Å². The molecule has 2 bridgehead atoms. The van der Waals surface area contributed by atoms with Crippen molar-refractivity contribution >= 4 is 5.91 Å². The number of nitrogens with zero attached hydrogens (tertiary/aromatic N) is 1. The molecule has 1 N–H and O–H groups in total.